The third-order valence-electron chi connectivity index (χ3n) is 4.44. The molecule has 2 N–H and O–H groups in total. The van der Waals surface area contributed by atoms with Gasteiger partial charge in [0.05, 0.1) is 0 Å². The summed E-state index contributed by atoms with van der Waals surface area (Å²) in [5.74, 6) is 0.915. The van der Waals surface area contributed by atoms with Crippen LogP contribution in [0.2, 0.25) is 0 Å². The van der Waals surface area contributed by atoms with Gasteiger partial charge in [0.25, 0.3) is 0 Å². The molecule has 4 nitrogen and oxygen atoms in total. The van der Waals surface area contributed by atoms with Crippen LogP contribution < -0.4 is 15.4 Å². The number of rotatable bonds is 7. The minimum absolute atomic E-state index is 0. The van der Waals surface area contributed by atoms with Crippen molar-refractivity contribution in [2.45, 2.75) is 38.9 Å². The molecule has 8 heteroatoms. The van der Waals surface area contributed by atoms with Crippen molar-refractivity contribution in [3.8, 4) is 5.75 Å². The maximum absolute atomic E-state index is 12.2. The number of hydrogen-bond acceptors (Lipinski definition) is 3. The van der Waals surface area contributed by atoms with Gasteiger partial charge in [-0.3, -0.25) is 4.79 Å². The van der Waals surface area contributed by atoms with Crippen LogP contribution in [0.4, 0.5) is 13.2 Å². The Bertz CT molecular complexity index is 564. The van der Waals surface area contributed by atoms with Gasteiger partial charge in [-0.25, -0.2) is 0 Å². The number of alkyl halides is 3. The molecule has 1 aromatic carbocycles. The van der Waals surface area contributed by atoms with Crippen molar-refractivity contribution in [1.82, 2.24) is 10.6 Å². The molecule has 26 heavy (non-hydrogen) atoms. The van der Waals surface area contributed by atoms with Crippen molar-refractivity contribution >= 4 is 18.3 Å². The first kappa shape index (κ1) is 22.6. The molecule has 2 atom stereocenters. The zero-order chi connectivity index (χ0) is 18.3. The summed E-state index contributed by atoms with van der Waals surface area (Å²) < 4.78 is 41.3. The van der Waals surface area contributed by atoms with Crippen molar-refractivity contribution in [3.05, 3.63) is 29.8 Å². The summed E-state index contributed by atoms with van der Waals surface area (Å²) in [4.78, 5) is 12.1. The largest absolute Gasteiger partial charge is 0.484 e. The molecule has 1 saturated heterocycles. The number of carbonyl (C=O) groups excluding carboxylic acids is 1. The van der Waals surface area contributed by atoms with Gasteiger partial charge in [-0.1, -0.05) is 19.1 Å². The summed E-state index contributed by atoms with van der Waals surface area (Å²) in [6.07, 6.45) is -1.63. The monoisotopic (exact) mass is 394 g/mol. The number of halogens is 4. The summed E-state index contributed by atoms with van der Waals surface area (Å²) in [6.45, 7) is 3.03. The van der Waals surface area contributed by atoms with E-state index in [1.807, 2.05) is 0 Å². The number of hydrogen-bond donors (Lipinski definition) is 2. The molecule has 0 spiro atoms. The van der Waals surface area contributed by atoms with Crippen LogP contribution >= 0.6 is 12.4 Å². The molecule has 148 valence electrons. The molecule has 1 heterocycles. The first-order valence-corrected chi connectivity index (χ1v) is 8.59. The van der Waals surface area contributed by atoms with Gasteiger partial charge in [0.15, 0.2) is 6.61 Å². The Morgan fingerprint density at radius 2 is 2.19 bits per heavy atom. The van der Waals surface area contributed by atoms with Crippen LogP contribution in [0.1, 0.15) is 31.7 Å². The minimum atomic E-state index is -4.37. The maximum atomic E-state index is 12.2. The SMILES string of the molecule is CC(CC(=O)NCc1cccc(OCC(F)(F)F)c1)C1CCCNC1.Cl. The number of carbonyl (C=O) groups is 1. The van der Waals surface area contributed by atoms with E-state index in [-0.39, 0.29) is 30.6 Å². The molecule has 0 aliphatic carbocycles. The molecule has 0 aromatic heterocycles. The molecule has 1 fully saturated rings. The van der Waals surface area contributed by atoms with Gasteiger partial charge in [-0.05, 0) is 55.5 Å². The van der Waals surface area contributed by atoms with E-state index in [4.69, 9.17) is 4.74 Å². The van der Waals surface area contributed by atoms with Crippen LogP contribution in [0, 0.1) is 11.8 Å². The molecule has 1 aromatic rings. The Morgan fingerprint density at radius 3 is 2.85 bits per heavy atom. The van der Waals surface area contributed by atoms with Crippen LogP contribution in [-0.4, -0.2) is 31.8 Å². The molecular formula is C18H26ClF3N2O2. The lowest BCUT2D eigenvalue weighted by atomic mass is 9.85. The smallest absolute Gasteiger partial charge is 0.422 e. The number of amides is 1. The molecule has 1 amide bonds. The van der Waals surface area contributed by atoms with E-state index >= 15 is 0 Å². The summed E-state index contributed by atoms with van der Waals surface area (Å²) in [7, 11) is 0. The lowest BCUT2D eigenvalue weighted by molar-refractivity contribution is -0.153. The molecule has 0 bridgehead atoms. The number of piperidine rings is 1. The van der Waals surface area contributed by atoms with Gasteiger partial charge in [0, 0.05) is 13.0 Å². The van der Waals surface area contributed by atoms with Crippen molar-refractivity contribution in [3.63, 3.8) is 0 Å². The Hall–Kier alpha value is -1.47. The minimum Gasteiger partial charge on any atom is -0.484 e. The Balaban J connectivity index is 0.00000338. The molecular weight excluding hydrogens is 369 g/mol. The second-order valence-electron chi connectivity index (χ2n) is 6.62. The molecule has 0 radical (unpaired) electrons. The van der Waals surface area contributed by atoms with E-state index < -0.39 is 12.8 Å². The van der Waals surface area contributed by atoms with E-state index in [9.17, 15) is 18.0 Å². The van der Waals surface area contributed by atoms with Crippen molar-refractivity contribution in [2.24, 2.45) is 11.8 Å². The maximum Gasteiger partial charge on any atom is 0.422 e. The third kappa shape index (κ3) is 8.27. The summed E-state index contributed by atoms with van der Waals surface area (Å²) >= 11 is 0. The molecule has 1 aliphatic heterocycles. The van der Waals surface area contributed by atoms with Crippen molar-refractivity contribution < 1.29 is 22.7 Å². The molecule has 0 saturated carbocycles. The first-order valence-electron chi connectivity index (χ1n) is 8.59. The fourth-order valence-corrected chi connectivity index (χ4v) is 3.01. The lowest BCUT2D eigenvalue weighted by Gasteiger charge is -2.28. The second kappa shape index (κ2) is 10.6. The van der Waals surface area contributed by atoms with Crippen molar-refractivity contribution in [1.29, 1.82) is 0 Å². The highest BCUT2D eigenvalue weighted by molar-refractivity contribution is 5.85. The van der Waals surface area contributed by atoms with E-state index in [1.165, 1.54) is 12.1 Å². The summed E-state index contributed by atoms with van der Waals surface area (Å²) in [5.41, 5.74) is 0.708. The Labute approximate surface area is 158 Å². The number of nitrogens with one attached hydrogen (secondary N) is 2. The van der Waals surface area contributed by atoms with Gasteiger partial charge in [-0.2, -0.15) is 13.2 Å². The van der Waals surface area contributed by atoms with E-state index in [0.717, 1.165) is 25.9 Å². The molecule has 2 rings (SSSR count). The first-order chi connectivity index (χ1) is 11.8. The number of benzene rings is 1. The predicted molar refractivity (Wildman–Crippen MR) is 96.5 cm³/mol. The van der Waals surface area contributed by atoms with Crippen LogP contribution in [0.5, 0.6) is 5.75 Å². The van der Waals surface area contributed by atoms with Crippen LogP contribution in [0.25, 0.3) is 0 Å². The zero-order valence-electron chi connectivity index (χ0n) is 14.8. The zero-order valence-corrected chi connectivity index (χ0v) is 15.6. The fraction of sp³-hybridized carbons (Fsp3) is 0.611. The van der Waals surface area contributed by atoms with Crippen LogP contribution in [-0.2, 0) is 11.3 Å². The Kier molecular flexibility index (Phi) is 9.22. The molecule has 1 aliphatic rings. The van der Waals surface area contributed by atoms with Gasteiger partial charge >= 0.3 is 6.18 Å². The van der Waals surface area contributed by atoms with Crippen LogP contribution in [0.3, 0.4) is 0 Å². The van der Waals surface area contributed by atoms with E-state index in [0.29, 0.717) is 23.8 Å². The normalized spacial score (nSPS) is 18.5. The predicted octanol–water partition coefficient (Wildman–Crippen LogP) is 3.69. The fourth-order valence-electron chi connectivity index (χ4n) is 3.01. The van der Waals surface area contributed by atoms with Crippen molar-refractivity contribution in [2.75, 3.05) is 19.7 Å². The highest BCUT2D eigenvalue weighted by Crippen LogP contribution is 2.22. The van der Waals surface area contributed by atoms with Gasteiger partial charge < -0.3 is 15.4 Å². The summed E-state index contributed by atoms with van der Waals surface area (Å²) in [6, 6.07) is 6.34. The van der Waals surface area contributed by atoms with Gasteiger partial charge in [0.2, 0.25) is 5.91 Å². The quantitative estimate of drug-likeness (QED) is 0.741. The third-order valence-corrected chi connectivity index (χ3v) is 4.44. The topological polar surface area (TPSA) is 50.4 Å². The average Bonchev–Trinajstić information content (AvgIpc) is 2.59. The number of ether oxygens (including phenoxy) is 1. The van der Waals surface area contributed by atoms with Gasteiger partial charge in [0.1, 0.15) is 5.75 Å². The lowest BCUT2D eigenvalue weighted by Crippen LogP contribution is -2.35. The van der Waals surface area contributed by atoms with Crippen LogP contribution in [0.15, 0.2) is 24.3 Å². The average molecular weight is 395 g/mol. The highest BCUT2D eigenvalue weighted by Gasteiger charge is 2.28. The van der Waals surface area contributed by atoms with Gasteiger partial charge in [-0.15, -0.1) is 12.4 Å². The Morgan fingerprint density at radius 1 is 1.42 bits per heavy atom. The summed E-state index contributed by atoms with van der Waals surface area (Å²) in [5, 5.41) is 6.18. The van der Waals surface area contributed by atoms with E-state index in [1.54, 1.807) is 12.1 Å². The van der Waals surface area contributed by atoms with E-state index in [2.05, 4.69) is 17.6 Å². The standard InChI is InChI=1S/C18H25F3N2O2.ClH/c1-13(15-5-3-7-22-11-15)8-17(24)23-10-14-4-2-6-16(9-14)25-12-18(19,20)21;/h2,4,6,9,13,15,22H,3,5,7-8,10-12H2,1H3,(H,23,24);1H. The highest BCUT2D eigenvalue weighted by atomic mass is 35.5. The second-order valence-corrected chi connectivity index (χ2v) is 6.62. The molecule has 2 unspecified atom stereocenters.